The third-order valence-electron chi connectivity index (χ3n) is 5.55. The summed E-state index contributed by atoms with van der Waals surface area (Å²) in [7, 11) is 0. The molecule has 1 aliphatic carbocycles. The Morgan fingerprint density at radius 2 is 1.39 bits per heavy atom. The average molecular weight is 401 g/mol. The van der Waals surface area contributed by atoms with E-state index in [9.17, 15) is 0 Å². The van der Waals surface area contributed by atoms with Crippen molar-refractivity contribution in [3.63, 3.8) is 0 Å². The van der Waals surface area contributed by atoms with Crippen LogP contribution in [0.5, 0.6) is 0 Å². The van der Waals surface area contributed by atoms with Gasteiger partial charge in [-0.2, -0.15) is 0 Å². The number of benzene rings is 2. The molecule has 0 bridgehead atoms. The summed E-state index contributed by atoms with van der Waals surface area (Å²) < 4.78 is 2.87. The fourth-order valence-electron chi connectivity index (χ4n) is 3.99. The lowest BCUT2D eigenvalue weighted by molar-refractivity contribution is 0.847. The first-order valence-corrected chi connectivity index (χ1v) is 11.8. The van der Waals surface area contributed by atoms with E-state index in [1.165, 1.54) is 61.2 Å². The van der Waals surface area contributed by atoms with Crippen LogP contribution in [0.15, 0.2) is 78.4 Å². The molecule has 2 aromatic carbocycles. The lowest BCUT2D eigenvalue weighted by Crippen LogP contribution is -1.89. The van der Waals surface area contributed by atoms with Gasteiger partial charge in [0, 0.05) is 19.2 Å². The van der Waals surface area contributed by atoms with Gasteiger partial charge in [-0.15, -0.1) is 22.7 Å². The molecule has 1 aliphatic rings. The standard InChI is InChI=1S/C26H24S2/c1-3-7-19(8-4-1)11-13-23-15-21-17-26-22(18-25(21)27-23)16-24(28-26)14-12-20-9-5-2-6-10-20/h1-5,7-9,15-18H,6,10-14H2. The van der Waals surface area contributed by atoms with Crippen LogP contribution < -0.4 is 0 Å². The highest BCUT2D eigenvalue weighted by atomic mass is 32.1. The summed E-state index contributed by atoms with van der Waals surface area (Å²) in [5.74, 6) is 0. The monoisotopic (exact) mass is 400 g/mol. The van der Waals surface area contributed by atoms with Gasteiger partial charge in [0.15, 0.2) is 0 Å². The third kappa shape index (κ3) is 3.99. The molecule has 4 aromatic rings. The van der Waals surface area contributed by atoms with Crippen LogP contribution in [0, 0.1) is 0 Å². The van der Waals surface area contributed by atoms with Gasteiger partial charge in [0.1, 0.15) is 0 Å². The predicted octanol–water partition coefficient (Wildman–Crippen LogP) is 8.11. The Morgan fingerprint density at radius 1 is 0.714 bits per heavy atom. The van der Waals surface area contributed by atoms with E-state index >= 15 is 0 Å². The zero-order valence-corrected chi connectivity index (χ0v) is 17.6. The Hall–Kier alpha value is -2.16. The molecule has 0 N–H and O–H groups in total. The van der Waals surface area contributed by atoms with Crippen LogP contribution in [0.25, 0.3) is 20.2 Å². The smallest absolute Gasteiger partial charge is 0.0352 e. The van der Waals surface area contributed by atoms with E-state index in [-0.39, 0.29) is 0 Å². The summed E-state index contributed by atoms with van der Waals surface area (Å²) in [6.45, 7) is 0. The lowest BCUT2D eigenvalue weighted by atomic mass is 10.00. The van der Waals surface area contributed by atoms with Gasteiger partial charge in [0.25, 0.3) is 0 Å². The predicted molar refractivity (Wildman–Crippen MR) is 126 cm³/mol. The topological polar surface area (TPSA) is 0 Å². The molecule has 0 nitrogen and oxygen atoms in total. The minimum atomic E-state index is 1.12. The molecule has 0 saturated carbocycles. The van der Waals surface area contributed by atoms with Crippen molar-refractivity contribution >= 4 is 42.8 Å². The summed E-state index contributed by atoms with van der Waals surface area (Å²) in [6, 6.07) is 20.4. The number of hydrogen-bond donors (Lipinski definition) is 0. The Morgan fingerprint density at radius 3 is 2.04 bits per heavy atom. The molecular formula is C26H24S2. The summed E-state index contributed by atoms with van der Waals surface area (Å²) in [6.07, 6.45) is 13.9. The molecule has 2 heteroatoms. The van der Waals surface area contributed by atoms with Crippen molar-refractivity contribution in [3.05, 3.63) is 93.7 Å². The zero-order valence-electron chi connectivity index (χ0n) is 16.0. The number of thiophene rings is 2. The molecule has 0 unspecified atom stereocenters. The van der Waals surface area contributed by atoms with E-state index in [4.69, 9.17) is 0 Å². The second-order valence-electron chi connectivity index (χ2n) is 7.63. The first-order chi connectivity index (χ1) is 13.8. The van der Waals surface area contributed by atoms with Gasteiger partial charge in [0.2, 0.25) is 0 Å². The fraction of sp³-hybridized carbons (Fsp3) is 0.231. The molecule has 0 aliphatic heterocycles. The molecule has 140 valence electrons. The molecule has 0 atom stereocenters. The first-order valence-electron chi connectivity index (χ1n) is 10.2. The Balaban J connectivity index is 1.32. The van der Waals surface area contributed by atoms with Gasteiger partial charge >= 0.3 is 0 Å². The van der Waals surface area contributed by atoms with Gasteiger partial charge < -0.3 is 0 Å². The number of allylic oxidation sites excluding steroid dienone is 4. The average Bonchev–Trinajstić information content (AvgIpc) is 3.32. The van der Waals surface area contributed by atoms with Crippen LogP contribution in [0.3, 0.4) is 0 Å². The highest BCUT2D eigenvalue weighted by Gasteiger charge is 2.09. The minimum Gasteiger partial charge on any atom is -0.140 e. The van der Waals surface area contributed by atoms with E-state index in [1.807, 2.05) is 22.7 Å². The molecule has 0 radical (unpaired) electrons. The highest BCUT2D eigenvalue weighted by molar-refractivity contribution is 7.20. The van der Waals surface area contributed by atoms with Gasteiger partial charge in [0.05, 0.1) is 0 Å². The highest BCUT2D eigenvalue weighted by Crippen LogP contribution is 2.35. The molecule has 0 spiro atoms. The van der Waals surface area contributed by atoms with Gasteiger partial charge in [-0.25, -0.2) is 0 Å². The Kier molecular flexibility index (Phi) is 5.16. The second-order valence-corrected chi connectivity index (χ2v) is 9.97. The minimum absolute atomic E-state index is 1.12. The van der Waals surface area contributed by atoms with E-state index < -0.39 is 0 Å². The lowest BCUT2D eigenvalue weighted by Gasteiger charge is -2.07. The number of aryl methyl sites for hydroxylation is 3. The van der Waals surface area contributed by atoms with Crippen molar-refractivity contribution in [2.45, 2.75) is 38.5 Å². The second kappa shape index (κ2) is 8.06. The molecule has 2 aromatic heterocycles. The number of rotatable bonds is 6. The van der Waals surface area contributed by atoms with Crippen molar-refractivity contribution in [2.75, 3.05) is 0 Å². The molecule has 0 saturated heterocycles. The van der Waals surface area contributed by atoms with Crippen LogP contribution in [0.4, 0.5) is 0 Å². The normalized spacial score (nSPS) is 14.1. The van der Waals surface area contributed by atoms with E-state index in [1.54, 1.807) is 5.57 Å². The van der Waals surface area contributed by atoms with E-state index in [0.29, 0.717) is 0 Å². The molecular weight excluding hydrogens is 376 g/mol. The Bertz CT molecular complexity index is 1100. The zero-order chi connectivity index (χ0) is 18.8. The maximum absolute atomic E-state index is 2.42. The number of fused-ring (bicyclic) bond motifs is 2. The van der Waals surface area contributed by atoms with E-state index in [2.05, 4.69) is 72.8 Å². The van der Waals surface area contributed by atoms with Gasteiger partial charge in [-0.05, 0) is 79.1 Å². The van der Waals surface area contributed by atoms with Crippen molar-refractivity contribution in [1.82, 2.24) is 0 Å². The van der Waals surface area contributed by atoms with Gasteiger partial charge in [-0.1, -0.05) is 54.1 Å². The first kappa shape index (κ1) is 17.9. The maximum atomic E-state index is 2.42. The van der Waals surface area contributed by atoms with Crippen LogP contribution in [0.2, 0.25) is 0 Å². The summed E-state index contributed by atoms with van der Waals surface area (Å²) >= 11 is 3.94. The van der Waals surface area contributed by atoms with Crippen molar-refractivity contribution in [2.24, 2.45) is 0 Å². The summed E-state index contributed by atoms with van der Waals surface area (Å²) in [5.41, 5.74) is 3.03. The SMILES string of the molecule is C1=CCCC(CCc2cc3cc4sc(CCc5ccccc5)cc4cc3s2)=C1. The van der Waals surface area contributed by atoms with Crippen molar-refractivity contribution in [3.8, 4) is 0 Å². The quantitative estimate of drug-likeness (QED) is 0.306. The summed E-state index contributed by atoms with van der Waals surface area (Å²) in [5, 5.41) is 2.83. The van der Waals surface area contributed by atoms with Crippen molar-refractivity contribution in [1.29, 1.82) is 0 Å². The maximum Gasteiger partial charge on any atom is 0.0352 e. The number of hydrogen-bond acceptors (Lipinski definition) is 2. The molecule has 28 heavy (non-hydrogen) atoms. The molecule has 2 heterocycles. The Labute approximate surface area is 174 Å². The molecule has 0 fully saturated rings. The fourth-order valence-corrected chi connectivity index (χ4v) is 6.17. The van der Waals surface area contributed by atoms with Crippen LogP contribution in [-0.4, -0.2) is 0 Å². The van der Waals surface area contributed by atoms with Crippen LogP contribution in [0.1, 0.15) is 34.6 Å². The third-order valence-corrected chi connectivity index (χ3v) is 7.87. The van der Waals surface area contributed by atoms with Crippen LogP contribution >= 0.6 is 22.7 Å². The summed E-state index contributed by atoms with van der Waals surface area (Å²) in [4.78, 5) is 3.02. The molecule has 5 rings (SSSR count). The molecule has 0 amide bonds. The van der Waals surface area contributed by atoms with E-state index in [0.717, 1.165) is 12.8 Å². The largest absolute Gasteiger partial charge is 0.140 e. The van der Waals surface area contributed by atoms with Crippen LogP contribution in [-0.2, 0) is 19.3 Å². The van der Waals surface area contributed by atoms with Gasteiger partial charge in [-0.3, -0.25) is 0 Å². The van der Waals surface area contributed by atoms with Crippen molar-refractivity contribution < 1.29 is 0 Å².